The average Bonchev–Trinajstić information content (AvgIpc) is 2.82. The second-order valence-corrected chi connectivity index (χ2v) is 7.15. The van der Waals surface area contributed by atoms with E-state index in [4.69, 9.17) is 30.5 Å². The zero-order valence-electron chi connectivity index (χ0n) is 18.1. The number of amides is 1. The molecule has 0 fully saturated rings. The van der Waals surface area contributed by atoms with Crippen molar-refractivity contribution in [2.75, 3.05) is 26.6 Å². The van der Waals surface area contributed by atoms with Gasteiger partial charge in [-0.3, -0.25) is 4.79 Å². The summed E-state index contributed by atoms with van der Waals surface area (Å²) in [7, 11) is 4.67. The van der Waals surface area contributed by atoms with Crippen molar-refractivity contribution in [1.82, 2.24) is 0 Å². The number of hydrogen-bond acceptors (Lipinski definition) is 5. The number of hydrogen-bond donors (Lipinski definition) is 1. The van der Waals surface area contributed by atoms with Crippen molar-refractivity contribution >= 4 is 29.3 Å². The molecule has 0 aromatic heterocycles. The molecule has 32 heavy (non-hydrogen) atoms. The first kappa shape index (κ1) is 23.0. The molecular weight excluding hydrogens is 430 g/mol. The molecule has 1 N–H and O–H groups in total. The van der Waals surface area contributed by atoms with Crippen LogP contribution in [0.25, 0.3) is 6.08 Å². The van der Waals surface area contributed by atoms with E-state index >= 15 is 0 Å². The Balaban J connectivity index is 1.66. The molecule has 7 heteroatoms. The lowest BCUT2D eigenvalue weighted by Crippen LogP contribution is -2.09. The van der Waals surface area contributed by atoms with Gasteiger partial charge < -0.3 is 24.3 Å². The van der Waals surface area contributed by atoms with Gasteiger partial charge in [-0.2, -0.15) is 0 Å². The van der Waals surface area contributed by atoms with Gasteiger partial charge in [-0.1, -0.05) is 29.8 Å². The number of carbonyl (C=O) groups is 1. The van der Waals surface area contributed by atoms with Crippen molar-refractivity contribution in [2.45, 2.75) is 6.61 Å². The van der Waals surface area contributed by atoms with Crippen molar-refractivity contribution < 1.29 is 23.7 Å². The summed E-state index contributed by atoms with van der Waals surface area (Å²) in [5.74, 6) is 2.01. The van der Waals surface area contributed by atoms with Crippen LogP contribution in [0.15, 0.2) is 66.7 Å². The van der Waals surface area contributed by atoms with Gasteiger partial charge in [0.25, 0.3) is 0 Å². The summed E-state index contributed by atoms with van der Waals surface area (Å²) >= 11 is 5.91. The van der Waals surface area contributed by atoms with E-state index in [1.165, 1.54) is 13.2 Å². The maximum atomic E-state index is 12.4. The van der Waals surface area contributed by atoms with Gasteiger partial charge in [0.2, 0.25) is 5.91 Å². The topological polar surface area (TPSA) is 66.0 Å². The Morgan fingerprint density at radius 3 is 2.28 bits per heavy atom. The molecule has 0 aliphatic rings. The minimum absolute atomic E-state index is 0.307. The molecular formula is C25H24ClNO5. The van der Waals surface area contributed by atoms with Gasteiger partial charge in [0.1, 0.15) is 18.1 Å². The summed E-state index contributed by atoms with van der Waals surface area (Å²) in [6.45, 7) is 0.382. The van der Waals surface area contributed by atoms with E-state index in [1.807, 2.05) is 30.3 Å². The smallest absolute Gasteiger partial charge is 0.248 e. The van der Waals surface area contributed by atoms with Gasteiger partial charge in [0.15, 0.2) is 11.5 Å². The molecule has 0 unspecified atom stereocenters. The highest BCUT2D eigenvalue weighted by Gasteiger charge is 2.09. The molecule has 3 rings (SSSR count). The summed E-state index contributed by atoms with van der Waals surface area (Å²) in [6.07, 6.45) is 3.12. The Hall–Kier alpha value is -3.64. The van der Waals surface area contributed by atoms with Crippen molar-refractivity contribution in [1.29, 1.82) is 0 Å². The largest absolute Gasteiger partial charge is 0.497 e. The molecule has 1 amide bonds. The molecule has 0 bridgehead atoms. The van der Waals surface area contributed by atoms with Crippen LogP contribution in [0.3, 0.4) is 0 Å². The second kappa shape index (κ2) is 11.1. The molecule has 0 saturated carbocycles. The maximum absolute atomic E-state index is 12.4. The summed E-state index contributed by atoms with van der Waals surface area (Å²) < 4.78 is 21.8. The van der Waals surface area contributed by atoms with Crippen LogP contribution in [0.4, 0.5) is 5.69 Å². The molecule has 0 spiro atoms. The number of benzene rings is 3. The first-order valence-electron chi connectivity index (χ1n) is 9.78. The molecule has 0 radical (unpaired) electrons. The minimum Gasteiger partial charge on any atom is -0.497 e. The van der Waals surface area contributed by atoms with Crippen molar-refractivity contribution in [3.63, 3.8) is 0 Å². The fourth-order valence-electron chi connectivity index (χ4n) is 2.91. The fourth-order valence-corrected chi connectivity index (χ4v) is 3.03. The number of halogens is 1. The molecule has 166 valence electrons. The SMILES string of the molecule is COc1ccc(OC)c(NC(=O)C=Cc2ccc(OCc3ccc(Cl)cc3)c(OC)c2)c1. The lowest BCUT2D eigenvalue weighted by Gasteiger charge is -2.12. The zero-order valence-corrected chi connectivity index (χ0v) is 18.8. The second-order valence-electron chi connectivity index (χ2n) is 6.71. The third kappa shape index (κ3) is 6.18. The minimum atomic E-state index is -0.307. The Morgan fingerprint density at radius 1 is 0.875 bits per heavy atom. The third-order valence-electron chi connectivity index (χ3n) is 4.59. The van der Waals surface area contributed by atoms with Crippen LogP contribution in [0, 0.1) is 0 Å². The Kier molecular flexibility index (Phi) is 8.00. The molecule has 6 nitrogen and oxygen atoms in total. The predicted molar refractivity (Wildman–Crippen MR) is 126 cm³/mol. The Labute approximate surface area is 192 Å². The van der Waals surface area contributed by atoms with Crippen LogP contribution in [0.5, 0.6) is 23.0 Å². The monoisotopic (exact) mass is 453 g/mol. The van der Waals surface area contributed by atoms with E-state index in [2.05, 4.69) is 5.32 Å². The summed E-state index contributed by atoms with van der Waals surface area (Å²) in [5, 5.41) is 3.47. The van der Waals surface area contributed by atoms with Gasteiger partial charge in [-0.25, -0.2) is 0 Å². The Bertz CT molecular complexity index is 1100. The maximum Gasteiger partial charge on any atom is 0.248 e. The van der Waals surface area contributed by atoms with Crippen LogP contribution < -0.4 is 24.3 Å². The van der Waals surface area contributed by atoms with Crippen molar-refractivity contribution in [3.05, 3.63) is 82.9 Å². The first-order valence-corrected chi connectivity index (χ1v) is 10.2. The van der Waals surface area contributed by atoms with Crippen LogP contribution in [-0.2, 0) is 11.4 Å². The molecule has 0 atom stereocenters. The number of rotatable bonds is 9. The van der Waals surface area contributed by atoms with Crippen LogP contribution >= 0.6 is 11.6 Å². The highest BCUT2D eigenvalue weighted by Crippen LogP contribution is 2.30. The number of carbonyl (C=O) groups excluding carboxylic acids is 1. The molecule has 0 aliphatic carbocycles. The fraction of sp³-hybridized carbons (Fsp3) is 0.160. The lowest BCUT2D eigenvalue weighted by molar-refractivity contribution is -0.111. The van der Waals surface area contributed by atoms with E-state index in [9.17, 15) is 4.79 Å². The van der Waals surface area contributed by atoms with Crippen LogP contribution in [0.1, 0.15) is 11.1 Å². The summed E-state index contributed by atoms with van der Waals surface area (Å²) in [4.78, 5) is 12.4. The van der Waals surface area contributed by atoms with E-state index in [-0.39, 0.29) is 5.91 Å². The van der Waals surface area contributed by atoms with E-state index in [0.29, 0.717) is 40.3 Å². The highest BCUT2D eigenvalue weighted by molar-refractivity contribution is 6.30. The van der Waals surface area contributed by atoms with Crippen molar-refractivity contribution in [3.8, 4) is 23.0 Å². The third-order valence-corrected chi connectivity index (χ3v) is 4.84. The van der Waals surface area contributed by atoms with Gasteiger partial charge >= 0.3 is 0 Å². The lowest BCUT2D eigenvalue weighted by atomic mass is 10.2. The molecule has 0 heterocycles. The number of methoxy groups -OCH3 is 3. The number of anilines is 1. The van der Waals surface area contributed by atoms with Gasteiger partial charge in [-0.05, 0) is 53.6 Å². The molecule has 0 aliphatic heterocycles. The van der Waals surface area contributed by atoms with Crippen LogP contribution in [0.2, 0.25) is 5.02 Å². The van der Waals surface area contributed by atoms with Gasteiger partial charge in [0, 0.05) is 17.2 Å². The first-order chi connectivity index (χ1) is 15.5. The highest BCUT2D eigenvalue weighted by atomic mass is 35.5. The van der Waals surface area contributed by atoms with Crippen LogP contribution in [-0.4, -0.2) is 27.2 Å². The Morgan fingerprint density at radius 2 is 1.59 bits per heavy atom. The normalized spacial score (nSPS) is 10.6. The van der Waals surface area contributed by atoms with E-state index in [0.717, 1.165) is 11.1 Å². The van der Waals surface area contributed by atoms with E-state index < -0.39 is 0 Å². The molecule has 3 aromatic rings. The summed E-state index contributed by atoms with van der Waals surface area (Å²) in [5.41, 5.74) is 2.29. The number of nitrogens with one attached hydrogen (secondary N) is 1. The quantitative estimate of drug-likeness (QED) is 0.427. The summed E-state index contributed by atoms with van der Waals surface area (Å²) in [6, 6.07) is 18.1. The number of ether oxygens (including phenoxy) is 4. The van der Waals surface area contributed by atoms with E-state index in [1.54, 1.807) is 50.6 Å². The van der Waals surface area contributed by atoms with Crippen molar-refractivity contribution in [2.24, 2.45) is 0 Å². The average molecular weight is 454 g/mol. The molecule has 0 saturated heterocycles. The molecule has 3 aromatic carbocycles. The van der Waals surface area contributed by atoms with Gasteiger partial charge in [-0.15, -0.1) is 0 Å². The van der Waals surface area contributed by atoms with Gasteiger partial charge in [0.05, 0.1) is 27.0 Å². The predicted octanol–water partition coefficient (Wildman–Crippen LogP) is 5.60. The zero-order chi connectivity index (χ0) is 22.9. The standard InChI is InChI=1S/C25H24ClNO5/c1-29-20-10-12-22(30-2)21(15-20)27-25(28)13-7-17-6-11-23(24(14-17)31-3)32-16-18-4-8-19(26)9-5-18/h4-15H,16H2,1-3H3,(H,27,28).